The Morgan fingerprint density at radius 2 is 1.78 bits per heavy atom. The molecule has 1 aliphatic heterocycles. The van der Waals surface area contributed by atoms with Crippen LogP contribution in [0.1, 0.15) is 18.4 Å². The molecule has 0 aromatic heterocycles. The summed E-state index contributed by atoms with van der Waals surface area (Å²) in [4.78, 5) is 13.3. The molecule has 0 radical (unpaired) electrons. The highest BCUT2D eigenvalue weighted by atomic mass is 19.1. The van der Waals surface area contributed by atoms with Crippen molar-refractivity contribution in [3.8, 4) is 0 Å². The van der Waals surface area contributed by atoms with E-state index in [1.54, 1.807) is 0 Å². The van der Waals surface area contributed by atoms with Crippen molar-refractivity contribution in [1.29, 1.82) is 0 Å². The van der Waals surface area contributed by atoms with Crippen LogP contribution in [0.4, 0.5) is 13.2 Å². The number of halogens is 3. The third-order valence-corrected chi connectivity index (χ3v) is 3.17. The Morgan fingerprint density at radius 3 is 2.33 bits per heavy atom. The number of benzene rings is 1. The summed E-state index contributed by atoms with van der Waals surface area (Å²) in [5, 5.41) is 0. The summed E-state index contributed by atoms with van der Waals surface area (Å²) in [5.41, 5.74) is -0.218. The van der Waals surface area contributed by atoms with Gasteiger partial charge in [-0.2, -0.15) is 0 Å². The third-order valence-electron chi connectivity index (χ3n) is 3.17. The van der Waals surface area contributed by atoms with Crippen LogP contribution in [-0.2, 0) is 11.2 Å². The number of carbonyl (C=O) groups excluding carboxylic acids is 1. The molecule has 98 valence electrons. The Hall–Kier alpha value is -1.52. The van der Waals surface area contributed by atoms with Gasteiger partial charge in [0.15, 0.2) is 0 Å². The van der Waals surface area contributed by atoms with Gasteiger partial charge in [-0.15, -0.1) is 0 Å². The molecule has 18 heavy (non-hydrogen) atoms. The van der Waals surface area contributed by atoms with Crippen molar-refractivity contribution in [1.82, 2.24) is 4.90 Å². The normalized spacial score (nSPS) is 16.9. The van der Waals surface area contributed by atoms with Gasteiger partial charge >= 0.3 is 0 Å². The molecule has 0 atom stereocenters. The molecule has 0 aliphatic carbocycles. The zero-order valence-corrected chi connectivity index (χ0v) is 9.83. The van der Waals surface area contributed by atoms with Gasteiger partial charge in [0.1, 0.15) is 17.8 Å². The van der Waals surface area contributed by atoms with Crippen molar-refractivity contribution in [2.75, 3.05) is 13.1 Å². The van der Waals surface area contributed by atoms with Gasteiger partial charge in [0.2, 0.25) is 5.91 Å². The fourth-order valence-electron chi connectivity index (χ4n) is 2.06. The van der Waals surface area contributed by atoms with Crippen molar-refractivity contribution in [3.63, 3.8) is 0 Å². The van der Waals surface area contributed by atoms with Gasteiger partial charge in [0, 0.05) is 18.7 Å². The summed E-state index contributed by atoms with van der Waals surface area (Å²) in [6, 6.07) is 3.51. The maximum atomic E-state index is 13.4. The fourth-order valence-corrected chi connectivity index (χ4v) is 2.06. The van der Waals surface area contributed by atoms with Gasteiger partial charge in [0.05, 0.1) is 6.42 Å². The first kappa shape index (κ1) is 12.9. The lowest BCUT2D eigenvalue weighted by Crippen LogP contribution is -2.40. The topological polar surface area (TPSA) is 20.3 Å². The van der Waals surface area contributed by atoms with Crippen molar-refractivity contribution < 1.29 is 18.0 Å². The largest absolute Gasteiger partial charge is 0.342 e. The van der Waals surface area contributed by atoms with E-state index in [0.29, 0.717) is 25.9 Å². The first-order valence-electron chi connectivity index (χ1n) is 5.92. The first-order valence-corrected chi connectivity index (χ1v) is 5.92. The summed E-state index contributed by atoms with van der Waals surface area (Å²) in [6.07, 6.45) is -0.592. The number of likely N-dealkylation sites (tertiary alicyclic amines) is 1. The van der Waals surface area contributed by atoms with Crippen LogP contribution >= 0.6 is 0 Å². The minimum atomic E-state index is -0.876. The highest BCUT2D eigenvalue weighted by molar-refractivity contribution is 5.79. The highest BCUT2D eigenvalue weighted by Gasteiger charge is 2.23. The van der Waals surface area contributed by atoms with E-state index in [4.69, 9.17) is 0 Å². The molecular formula is C13H14F3NO. The average molecular weight is 257 g/mol. The second kappa shape index (κ2) is 5.42. The molecule has 0 bridgehead atoms. The van der Waals surface area contributed by atoms with Gasteiger partial charge < -0.3 is 4.90 Å². The standard InChI is InChI=1S/C13H14F3NO/c14-9-4-6-17(7-5-9)13(18)8-10-11(15)2-1-3-12(10)16/h1-3,9H,4-8H2. The van der Waals surface area contributed by atoms with Crippen LogP contribution in [0.2, 0.25) is 0 Å². The zero-order valence-electron chi connectivity index (χ0n) is 9.83. The minimum Gasteiger partial charge on any atom is -0.342 e. The number of hydrogen-bond acceptors (Lipinski definition) is 1. The highest BCUT2D eigenvalue weighted by Crippen LogP contribution is 2.17. The molecule has 5 heteroatoms. The van der Waals surface area contributed by atoms with E-state index in [0.717, 1.165) is 12.1 Å². The molecule has 1 aliphatic rings. The Morgan fingerprint density at radius 1 is 1.22 bits per heavy atom. The Kier molecular flexibility index (Phi) is 3.89. The third kappa shape index (κ3) is 2.83. The van der Waals surface area contributed by atoms with Crippen molar-refractivity contribution in [2.45, 2.75) is 25.4 Å². The summed E-state index contributed by atoms with van der Waals surface area (Å²) in [7, 11) is 0. The van der Waals surface area contributed by atoms with Crippen LogP contribution < -0.4 is 0 Å². The molecule has 2 nitrogen and oxygen atoms in total. The van der Waals surface area contributed by atoms with Crippen LogP contribution in [-0.4, -0.2) is 30.1 Å². The van der Waals surface area contributed by atoms with Gasteiger partial charge in [-0.3, -0.25) is 4.79 Å². The average Bonchev–Trinajstić information content (AvgIpc) is 2.34. The molecular weight excluding hydrogens is 243 g/mol. The lowest BCUT2D eigenvalue weighted by molar-refractivity contribution is -0.132. The molecule has 0 saturated carbocycles. The van der Waals surface area contributed by atoms with Gasteiger partial charge in [-0.05, 0) is 25.0 Å². The van der Waals surface area contributed by atoms with E-state index in [-0.39, 0.29) is 17.9 Å². The molecule has 1 amide bonds. The summed E-state index contributed by atoms with van der Waals surface area (Å²) >= 11 is 0. The quantitative estimate of drug-likeness (QED) is 0.797. The Labute approximate surface area is 103 Å². The number of nitrogens with zero attached hydrogens (tertiary/aromatic N) is 1. The van der Waals surface area contributed by atoms with Crippen LogP contribution in [0.25, 0.3) is 0 Å². The van der Waals surface area contributed by atoms with Crippen LogP contribution in [0.15, 0.2) is 18.2 Å². The SMILES string of the molecule is O=C(Cc1c(F)cccc1F)N1CCC(F)CC1. The molecule has 1 aromatic carbocycles. The maximum absolute atomic E-state index is 13.4. The molecule has 1 heterocycles. The lowest BCUT2D eigenvalue weighted by Gasteiger charge is -2.28. The van der Waals surface area contributed by atoms with Crippen molar-refractivity contribution in [3.05, 3.63) is 35.4 Å². The molecule has 0 N–H and O–H groups in total. The predicted octanol–water partition coefficient (Wildman–Crippen LogP) is 2.47. The van der Waals surface area contributed by atoms with E-state index >= 15 is 0 Å². The Balaban J connectivity index is 2.03. The second-order valence-electron chi connectivity index (χ2n) is 4.43. The summed E-state index contributed by atoms with van der Waals surface area (Å²) in [6.45, 7) is 0.631. The molecule has 1 saturated heterocycles. The second-order valence-corrected chi connectivity index (χ2v) is 4.43. The molecule has 1 aromatic rings. The number of alkyl halides is 1. The van der Waals surface area contributed by atoms with E-state index in [1.165, 1.54) is 11.0 Å². The van der Waals surface area contributed by atoms with Crippen molar-refractivity contribution >= 4 is 5.91 Å². The monoisotopic (exact) mass is 257 g/mol. The van der Waals surface area contributed by atoms with Crippen LogP contribution in [0.3, 0.4) is 0 Å². The molecule has 2 rings (SSSR count). The number of rotatable bonds is 2. The van der Waals surface area contributed by atoms with Crippen molar-refractivity contribution in [2.24, 2.45) is 0 Å². The summed E-state index contributed by atoms with van der Waals surface area (Å²) < 4.78 is 39.7. The predicted molar refractivity (Wildman–Crippen MR) is 60.8 cm³/mol. The van der Waals surface area contributed by atoms with Crippen LogP contribution in [0, 0.1) is 11.6 Å². The Bertz CT molecular complexity index is 422. The maximum Gasteiger partial charge on any atom is 0.227 e. The zero-order chi connectivity index (χ0) is 13.1. The number of piperidine rings is 1. The summed E-state index contributed by atoms with van der Waals surface area (Å²) in [5.74, 6) is -1.79. The van der Waals surface area contributed by atoms with E-state index in [2.05, 4.69) is 0 Å². The first-order chi connectivity index (χ1) is 8.58. The lowest BCUT2D eigenvalue weighted by atomic mass is 10.1. The smallest absolute Gasteiger partial charge is 0.227 e. The van der Waals surface area contributed by atoms with Gasteiger partial charge in [-0.1, -0.05) is 6.07 Å². The molecule has 1 fully saturated rings. The van der Waals surface area contributed by atoms with Crippen LogP contribution in [0.5, 0.6) is 0 Å². The molecule has 0 spiro atoms. The molecule has 0 unspecified atom stereocenters. The van der Waals surface area contributed by atoms with E-state index in [9.17, 15) is 18.0 Å². The van der Waals surface area contributed by atoms with E-state index in [1.807, 2.05) is 0 Å². The fraction of sp³-hybridized carbons (Fsp3) is 0.462. The van der Waals surface area contributed by atoms with Gasteiger partial charge in [0.25, 0.3) is 0 Å². The number of carbonyl (C=O) groups is 1. The number of amides is 1. The number of hydrogen-bond donors (Lipinski definition) is 0. The van der Waals surface area contributed by atoms with Gasteiger partial charge in [-0.25, -0.2) is 13.2 Å². The van der Waals surface area contributed by atoms with E-state index < -0.39 is 17.8 Å². The minimum absolute atomic E-state index is 0.218.